The van der Waals surface area contributed by atoms with Crippen molar-refractivity contribution in [1.29, 1.82) is 0 Å². The minimum Gasteiger partial charge on any atom is -0.441 e. The van der Waals surface area contributed by atoms with Gasteiger partial charge in [0.2, 0.25) is 5.13 Å². The van der Waals surface area contributed by atoms with Gasteiger partial charge in [-0.3, -0.25) is 4.79 Å². The van der Waals surface area contributed by atoms with Gasteiger partial charge in [0.1, 0.15) is 5.01 Å². The quantitative estimate of drug-likeness (QED) is 0.541. The van der Waals surface area contributed by atoms with Crippen molar-refractivity contribution in [3.8, 4) is 0 Å². The minimum atomic E-state index is -0.659. The van der Waals surface area contributed by atoms with Crippen molar-refractivity contribution in [2.24, 2.45) is 0 Å². The van der Waals surface area contributed by atoms with Crippen molar-refractivity contribution in [1.82, 2.24) is 15.1 Å². The van der Waals surface area contributed by atoms with Crippen LogP contribution in [-0.4, -0.2) is 46.9 Å². The lowest BCUT2D eigenvalue weighted by atomic mass is 9.98. The Bertz CT molecular complexity index is 912. The van der Waals surface area contributed by atoms with Gasteiger partial charge < -0.3 is 9.64 Å². The molecule has 2 heterocycles. The second-order valence-electron chi connectivity index (χ2n) is 8.43. The summed E-state index contributed by atoms with van der Waals surface area (Å²) >= 11 is 4.82. The molecule has 0 saturated carbocycles. The van der Waals surface area contributed by atoms with E-state index in [0.29, 0.717) is 30.9 Å². The van der Waals surface area contributed by atoms with Crippen molar-refractivity contribution in [3.63, 3.8) is 0 Å². The van der Waals surface area contributed by atoms with E-state index in [0.717, 1.165) is 21.5 Å². The Morgan fingerprint density at radius 3 is 2.77 bits per heavy atom. The zero-order valence-electron chi connectivity index (χ0n) is 17.7. The molecule has 0 spiro atoms. The van der Waals surface area contributed by atoms with Gasteiger partial charge in [0.15, 0.2) is 6.23 Å². The number of ether oxygens (including phenoxy) is 1. The second-order valence-corrected chi connectivity index (χ2v) is 10.3. The predicted molar refractivity (Wildman–Crippen MR) is 121 cm³/mol. The normalized spacial score (nSPS) is 17.4. The largest absolute Gasteiger partial charge is 0.441 e. The molecule has 0 bridgehead atoms. The Morgan fingerprint density at radius 2 is 2.10 bits per heavy atom. The maximum atomic E-state index is 12.8. The van der Waals surface area contributed by atoms with Crippen molar-refractivity contribution in [2.75, 3.05) is 18.5 Å². The number of benzene rings is 1. The number of halogens is 1. The molecule has 0 aliphatic carbocycles. The fraction of sp³-hybridized carbons (Fsp3) is 0.524. The molecular formula is C21H27BrN4O3S. The van der Waals surface area contributed by atoms with Crippen LogP contribution in [0.25, 0.3) is 0 Å². The lowest BCUT2D eigenvalue weighted by molar-refractivity contribution is -0.149. The van der Waals surface area contributed by atoms with Crippen molar-refractivity contribution >= 4 is 44.4 Å². The van der Waals surface area contributed by atoms with Gasteiger partial charge in [-0.1, -0.05) is 60.2 Å². The van der Waals surface area contributed by atoms with Crippen molar-refractivity contribution in [2.45, 2.75) is 58.1 Å². The summed E-state index contributed by atoms with van der Waals surface area (Å²) in [5, 5.41) is 9.74. The molecule has 2 aromatic rings. The van der Waals surface area contributed by atoms with E-state index in [1.54, 1.807) is 11.9 Å². The summed E-state index contributed by atoms with van der Waals surface area (Å²) in [5.74, 6) is -0.307. The SMILES string of the molecule is CN1CCC(OC(=O)CCCc2cccc(Br)c2)N(c2nnc(C(C)(C)C)s2)C1=O. The molecule has 1 aromatic heterocycles. The third-order valence-electron chi connectivity index (χ3n) is 4.80. The fourth-order valence-corrected chi connectivity index (χ4v) is 4.49. The maximum absolute atomic E-state index is 12.8. The van der Waals surface area contributed by atoms with E-state index in [9.17, 15) is 9.59 Å². The summed E-state index contributed by atoms with van der Waals surface area (Å²) in [4.78, 5) is 28.4. The zero-order chi connectivity index (χ0) is 21.9. The molecule has 2 amide bonds. The van der Waals surface area contributed by atoms with E-state index < -0.39 is 6.23 Å². The average Bonchev–Trinajstić information content (AvgIpc) is 3.15. The van der Waals surface area contributed by atoms with E-state index >= 15 is 0 Å². The molecule has 9 heteroatoms. The van der Waals surface area contributed by atoms with Gasteiger partial charge in [-0.15, -0.1) is 10.2 Å². The predicted octanol–water partition coefficient (Wildman–Crippen LogP) is 4.75. The summed E-state index contributed by atoms with van der Waals surface area (Å²) in [6.45, 7) is 6.66. The van der Waals surface area contributed by atoms with E-state index in [1.165, 1.54) is 16.2 Å². The van der Waals surface area contributed by atoms with Gasteiger partial charge in [0.05, 0.1) is 0 Å². The number of carbonyl (C=O) groups excluding carboxylic acids is 2. The van der Waals surface area contributed by atoms with Gasteiger partial charge in [-0.25, -0.2) is 9.69 Å². The number of amides is 2. The van der Waals surface area contributed by atoms with Crippen LogP contribution < -0.4 is 4.90 Å². The molecule has 162 valence electrons. The molecule has 1 atom stereocenters. The highest BCUT2D eigenvalue weighted by atomic mass is 79.9. The lowest BCUT2D eigenvalue weighted by Gasteiger charge is -2.37. The summed E-state index contributed by atoms with van der Waals surface area (Å²) in [6.07, 6.45) is 1.64. The minimum absolute atomic E-state index is 0.167. The number of urea groups is 1. The smallest absolute Gasteiger partial charge is 0.329 e. The molecule has 1 saturated heterocycles. The van der Waals surface area contributed by atoms with Crippen LogP contribution in [0, 0.1) is 0 Å². The Morgan fingerprint density at radius 1 is 1.33 bits per heavy atom. The van der Waals surface area contributed by atoms with E-state index in [2.05, 4.69) is 26.1 Å². The third-order valence-corrected chi connectivity index (χ3v) is 6.64. The number of esters is 1. The number of aromatic nitrogens is 2. The first-order valence-electron chi connectivity index (χ1n) is 9.97. The zero-order valence-corrected chi connectivity index (χ0v) is 20.1. The van der Waals surface area contributed by atoms with Crippen LogP contribution in [0.1, 0.15) is 50.6 Å². The molecule has 30 heavy (non-hydrogen) atoms. The Kier molecular flexibility index (Phi) is 7.13. The molecule has 1 aromatic carbocycles. The van der Waals surface area contributed by atoms with Gasteiger partial charge in [-0.2, -0.15) is 0 Å². The highest BCUT2D eigenvalue weighted by Gasteiger charge is 2.38. The highest BCUT2D eigenvalue weighted by molar-refractivity contribution is 9.10. The summed E-state index contributed by atoms with van der Waals surface area (Å²) < 4.78 is 6.73. The topological polar surface area (TPSA) is 75.6 Å². The Hall–Kier alpha value is -2.00. The van der Waals surface area contributed by atoms with Crippen LogP contribution in [-0.2, 0) is 21.4 Å². The first-order chi connectivity index (χ1) is 14.1. The molecule has 1 aliphatic rings. The number of anilines is 1. The van der Waals surface area contributed by atoms with Crippen LogP contribution in [0.4, 0.5) is 9.93 Å². The number of rotatable bonds is 6. The Balaban J connectivity index is 1.64. The number of aryl methyl sites for hydroxylation is 1. The fourth-order valence-electron chi connectivity index (χ4n) is 3.11. The summed E-state index contributed by atoms with van der Waals surface area (Å²) in [7, 11) is 1.73. The van der Waals surface area contributed by atoms with Gasteiger partial charge in [0, 0.05) is 36.3 Å². The van der Waals surface area contributed by atoms with Crippen LogP contribution >= 0.6 is 27.3 Å². The highest BCUT2D eigenvalue weighted by Crippen LogP contribution is 2.33. The molecule has 0 radical (unpaired) electrons. The lowest BCUT2D eigenvalue weighted by Crippen LogP contribution is -2.54. The first-order valence-corrected chi connectivity index (χ1v) is 11.6. The number of carbonyl (C=O) groups is 2. The maximum Gasteiger partial charge on any atom is 0.329 e. The van der Waals surface area contributed by atoms with Gasteiger partial charge in [0.25, 0.3) is 0 Å². The average molecular weight is 495 g/mol. The van der Waals surface area contributed by atoms with Crippen molar-refractivity contribution < 1.29 is 14.3 Å². The van der Waals surface area contributed by atoms with E-state index in [4.69, 9.17) is 4.74 Å². The molecule has 3 rings (SSSR count). The van der Waals surface area contributed by atoms with Crippen LogP contribution in [0.2, 0.25) is 0 Å². The number of nitrogens with zero attached hydrogens (tertiary/aromatic N) is 4. The molecule has 7 nitrogen and oxygen atoms in total. The molecule has 1 fully saturated rings. The molecule has 1 unspecified atom stereocenters. The van der Waals surface area contributed by atoms with E-state index in [1.807, 2.05) is 45.0 Å². The molecular weight excluding hydrogens is 468 g/mol. The summed E-state index contributed by atoms with van der Waals surface area (Å²) in [6, 6.07) is 7.81. The monoisotopic (exact) mass is 494 g/mol. The number of hydrogen-bond acceptors (Lipinski definition) is 6. The van der Waals surface area contributed by atoms with Gasteiger partial charge >= 0.3 is 12.0 Å². The molecule has 1 aliphatic heterocycles. The third kappa shape index (κ3) is 5.57. The standard InChI is InChI=1S/C21H27BrN4O3S/c1-21(2,3)18-23-24-19(30-18)26-16(11-12-25(4)20(26)28)29-17(27)10-6-8-14-7-5-9-15(22)13-14/h5,7,9,13,16H,6,8,10-12H2,1-4H3. The van der Waals surface area contributed by atoms with E-state index in [-0.39, 0.29) is 17.4 Å². The van der Waals surface area contributed by atoms with Crippen LogP contribution in [0.5, 0.6) is 0 Å². The number of hydrogen-bond donors (Lipinski definition) is 0. The Labute approximate surface area is 189 Å². The van der Waals surface area contributed by atoms with Gasteiger partial charge in [-0.05, 0) is 30.5 Å². The van der Waals surface area contributed by atoms with Crippen LogP contribution in [0.3, 0.4) is 0 Å². The molecule has 0 N–H and O–H groups in total. The van der Waals surface area contributed by atoms with Crippen LogP contribution in [0.15, 0.2) is 28.7 Å². The van der Waals surface area contributed by atoms with Crippen molar-refractivity contribution in [3.05, 3.63) is 39.3 Å². The first kappa shape index (κ1) is 22.7. The summed E-state index contributed by atoms with van der Waals surface area (Å²) in [5.41, 5.74) is 0.996. The second kappa shape index (κ2) is 9.43.